The highest BCUT2D eigenvalue weighted by atomic mass is 19.1. The highest BCUT2D eigenvalue weighted by molar-refractivity contribution is 5.81. The molecule has 2 N–H and O–H groups in total. The van der Waals surface area contributed by atoms with Crippen LogP contribution in [0.25, 0.3) is 0 Å². The molecule has 1 amide bonds. The summed E-state index contributed by atoms with van der Waals surface area (Å²) in [4.78, 5) is 13.2. The third-order valence-corrected chi connectivity index (χ3v) is 2.69. The van der Waals surface area contributed by atoms with Crippen LogP contribution in [0.5, 0.6) is 0 Å². The molecule has 0 saturated heterocycles. The monoisotopic (exact) mass is 268 g/mol. The Bertz CT molecular complexity index is 435. The van der Waals surface area contributed by atoms with Crippen molar-refractivity contribution in [3.63, 3.8) is 0 Å². The van der Waals surface area contributed by atoms with Crippen LogP contribution in [0.2, 0.25) is 0 Å². The number of nitrogens with one attached hydrogen (secondary N) is 1. The number of anilines is 1. The molecule has 0 aliphatic carbocycles. The van der Waals surface area contributed by atoms with E-state index in [0.717, 1.165) is 0 Å². The second-order valence-electron chi connectivity index (χ2n) is 5.00. The zero-order valence-corrected chi connectivity index (χ0v) is 11.6. The first kappa shape index (κ1) is 15.4. The van der Waals surface area contributed by atoms with E-state index < -0.39 is 5.82 Å². The van der Waals surface area contributed by atoms with Gasteiger partial charge in [0.15, 0.2) is 0 Å². The summed E-state index contributed by atoms with van der Waals surface area (Å²) in [6, 6.07) is 4.48. The molecule has 0 radical (unpaired) electrons. The van der Waals surface area contributed by atoms with Crippen LogP contribution in [0.4, 0.5) is 10.1 Å². The van der Waals surface area contributed by atoms with Gasteiger partial charge in [-0.2, -0.15) is 0 Å². The molecule has 1 rings (SSSR count). The van der Waals surface area contributed by atoms with Crippen molar-refractivity contribution >= 4 is 11.6 Å². The van der Waals surface area contributed by atoms with Gasteiger partial charge < -0.3 is 15.3 Å². The number of rotatable bonds is 6. The fraction of sp³-hybridized carbons (Fsp3) is 0.500. The molecule has 4 nitrogen and oxygen atoms in total. The van der Waals surface area contributed by atoms with Crippen LogP contribution in [0.15, 0.2) is 18.2 Å². The van der Waals surface area contributed by atoms with E-state index in [1.807, 2.05) is 13.8 Å². The molecule has 0 heterocycles. The number of nitrogens with zero attached hydrogens (tertiary/aromatic N) is 1. The van der Waals surface area contributed by atoms with Crippen LogP contribution in [-0.4, -0.2) is 31.2 Å². The average molecular weight is 268 g/mol. The van der Waals surface area contributed by atoms with E-state index in [2.05, 4.69) is 5.32 Å². The van der Waals surface area contributed by atoms with Crippen molar-refractivity contribution in [3.8, 4) is 0 Å². The van der Waals surface area contributed by atoms with Gasteiger partial charge in [0.25, 0.3) is 0 Å². The SMILES string of the molecule is CC(C)CNC(=O)CN(C)c1ccc(CO)cc1F. The Morgan fingerprint density at radius 2 is 2.16 bits per heavy atom. The van der Waals surface area contributed by atoms with Crippen molar-refractivity contribution < 1.29 is 14.3 Å². The molecule has 0 atom stereocenters. The van der Waals surface area contributed by atoms with Crippen molar-refractivity contribution in [1.29, 1.82) is 0 Å². The lowest BCUT2D eigenvalue weighted by Crippen LogP contribution is -2.37. The number of benzene rings is 1. The summed E-state index contributed by atoms with van der Waals surface area (Å²) in [6.07, 6.45) is 0. The molecule has 106 valence electrons. The number of amides is 1. The molecule has 0 aromatic heterocycles. The molecule has 1 aromatic carbocycles. The van der Waals surface area contributed by atoms with Crippen LogP contribution in [0.1, 0.15) is 19.4 Å². The Morgan fingerprint density at radius 1 is 1.47 bits per heavy atom. The third-order valence-electron chi connectivity index (χ3n) is 2.69. The van der Waals surface area contributed by atoms with Gasteiger partial charge in [-0.1, -0.05) is 19.9 Å². The third kappa shape index (κ3) is 4.87. The Hall–Kier alpha value is -1.62. The van der Waals surface area contributed by atoms with E-state index in [4.69, 9.17) is 5.11 Å². The number of carbonyl (C=O) groups is 1. The predicted octanol–water partition coefficient (Wildman–Crippen LogP) is 1.53. The molecule has 0 saturated carbocycles. The van der Waals surface area contributed by atoms with Crippen molar-refractivity contribution in [1.82, 2.24) is 5.32 Å². The van der Waals surface area contributed by atoms with E-state index in [9.17, 15) is 9.18 Å². The molecule has 0 bridgehead atoms. The smallest absolute Gasteiger partial charge is 0.239 e. The lowest BCUT2D eigenvalue weighted by Gasteiger charge is -2.20. The van der Waals surface area contributed by atoms with Crippen molar-refractivity contribution in [2.75, 3.05) is 25.0 Å². The molecule has 0 aliphatic rings. The topological polar surface area (TPSA) is 52.6 Å². The summed E-state index contributed by atoms with van der Waals surface area (Å²) in [5.41, 5.74) is 0.857. The zero-order valence-electron chi connectivity index (χ0n) is 11.6. The molecule has 1 aromatic rings. The summed E-state index contributed by atoms with van der Waals surface area (Å²) < 4.78 is 13.8. The molecule has 0 aliphatic heterocycles. The van der Waals surface area contributed by atoms with Crippen LogP contribution in [0.3, 0.4) is 0 Å². The molecule has 5 heteroatoms. The quantitative estimate of drug-likeness (QED) is 0.822. The maximum absolute atomic E-state index is 13.8. The van der Waals surface area contributed by atoms with Gasteiger partial charge in [0.05, 0.1) is 18.8 Å². The maximum Gasteiger partial charge on any atom is 0.239 e. The lowest BCUT2D eigenvalue weighted by atomic mass is 10.2. The van der Waals surface area contributed by atoms with Gasteiger partial charge >= 0.3 is 0 Å². The number of halogens is 1. The second-order valence-corrected chi connectivity index (χ2v) is 5.00. The molecule has 0 fully saturated rings. The Labute approximate surface area is 113 Å². The van der Waals surface area contributed by atoms with Gasteiger partial charge in [-0.05, 0) is 23.6 Å². The van der Waals surface area contributed by atoms with Crippen LogP contribution in [-0.2, 0) is 11.4 Å². The fourth-order valence-corrected chi connectivity index (χ4v) is 1.63. The largest absolute Gasteiger partial charge is 0.392 e. The van der Waals surface area contributed by atoms with Crippen LogP contribution in [0, 0.1) is 11.7 Å². The maximum atomic E-state index is 13.8. The summed E-state index contributed by atoms with van der Waals surface area (Å²) in [5, 5.41) is 11.7. The number of aliphatic hydroxyl groups is 1. The fourth-order valence-electron chi connectivity index (χ4n) is 1.63. The Morgan fingerprint density at radius 3 is 2.68 bits per heavy atom. The molecule has 19 heavy (non-hydrogen) atoms. The number of carbonyl (C=O) groups excluding carboxylic acids is 1. The molecule has 0 spiro atoms. The average Bonchev–Trinajstić information content (AvgIpc) is 2.35. The van der Waals surface area contributed by atoms with E-state index in [0.29, 0.717) is 23.7 Å². The number of likely N-dealkylation sites (N-methyl/N-ethyl adjacent to an activating group) is 1. The van der Waals surface area contributed by atoms with E-state index in [1.165, 1.54) is 6.07 Å². The number of hydrogen-bond acceptors (Lipinski definition) is 3. The summed E-state index contributed by atoms with van der Waals surface area (Å²) in [5.74, 6) is -0.192. The first-order valence-corrected chi connectivity index (χ1v) is 6.31. The second kappa shape index (κ2) is 7.09. The lowest BCUT2D eigenvalue weighted by molar-refractivity contribution is -0.119. The van der Waals surface area contributed by atoms with Crippen molar-refractivity contribution in [2.45, 2.75) is 20.5 Å². The normalized spacial score (nSPS) is 10.6. The minimum Gasteiger partial charge on any atom is -0.392 e. The standard InChI is InChI=1S/C14H21FN2O2/c1-10(2)7-16-14(19)8-17(3)13-5-4-11(9-18)6-12(13)15/h4-6,10,18H,7-9H2,1-3H3,(H,16,19). The van der Waals surface area contributed by atoms with Gasteiger partial charge in [0.2, 0.25) is 5.91 Å². The predicted molar refractivity (Wildman–Crippen MR) is 73.4 cm³/mol. The van der Waals surface area contributed by atoms with Crippen LogP contribution >= 0.6 is 0 Å². The first-order valence-electron chi connectivity index (χ1n) is 6.31. The number of aliphatic hydroxyl groups excluding tert-OH is 1. The number of hydrogen-bond donors (Lipinski definition) is 2. The van der Waals surface area contributed by atoms with Crippen LogP contribution < -0.4 is 10.2 Å². The van der Waals surface area contributed by atoms with Crippen molar-refractivity contribution in [2.24, 2.45) is 5.92 Å². The summed E-state index contributed by atoms with van der Waals surface area (Å²) in [6.45, 7) is 4.53. The van der Waals surface area contributed by atoms with E-state index in [-0.39, 0.29) is 19.1 Å². The minimum absolute atomic E-state index is 0.0993. The van der Waals surface area contributed by atoms with Gasteiger partial charge in [0.1, 0.15) is 5.82 Å². The molecular weight excluding hydrogens is 247 g/mol. The van der Waals surface area contributed by atoms with Gasteiger partial charge in [-0.3, -0.25) is 4.79 Å². The molecule has 0 unspecified atom stereocenters. The van der Waals surface area contributed by atoms with Crippen molar-refractivity contribution in [3.05, 3.63) is 29.6 Å². The summed E-state index contributed by atoms with van der Waals surface area (Å²) >= 11 is 0. The molecular formula is C14H21FN2O2. The Kier molecular flexibility index (Phi) is 5.76. The minimum atomic E-state index is -0.439. The van der Waals surface area contributed by atoms with Gasteiger partial charge in [0, 0.05) is 13.6 Å². The van der Waals surface area contributed by atoms with Gasteiger partial charge in [-0.15, -0.1) is 0 Å². The summed E-state index contributed by atoms with van der Waals surface area (Å²) in [7, 11) is 1.66. The zero-order chi connectivity index (χ0) is 14.4. The van der Waals surface area contributed by atoms with Gasteiger partial charge in [-0.25, -0.2) is 4.39 Å². The highest BCUT2D eigenvalue weighted by Gasteiger charge is 2.12. The highest BCUT2D eigenvalue weighted by Crippen LogP contribution is 2.19. The van der Waals surface area contributed by atoms with E-state index in [1.54, 1.807) is 24.1 Å². The first-order chi connectivity index (χ1) is 8.93. The van der Waals surface area contributed by atoms with E-state index >= 15 is 0 Å². The Balaban J connectivity index is 2.62.